The first-order valence-electron chi connectivity index (χ1n) is 16.0. The minimum absolute atomic E-state index is 0. The van der Waals surface area contributed by atoms with Crippen LogP contribution in [0.25, 0.3) is 0 Å². The fourth-order valence-corrected chi connectivity index (χ4v) is 3.72. The molecule has 0 aromatic heterocycles. The number of ether oxygens (including phenoxy) is 1. The smallest absolute Gasteiger partial charge is 0.550 e. The molecule has 0 aliphatic rings. The molecule has 0 saturated heterocycles. The molecule has 266 valence electrons. The number of benzene rings is 1. The number of aliphatic carboxylic acids is 4. The van der Waals surface area contributed by atoms with Crippen molar-refractivity contribution < 1.29 is 148 Å². The quantitative estimate of drug-likeness (QED) is 0.0494. The van der Waals surface area contributed by atoms with Crippen LogP contribution in [0.1, 0.15) is 127 Å². The van der Waals surface area contributed by atoms with Crippen molar-refractivity contribution in [3.8, 4) is 0 Å². The van der Waals surface area contributed by atoms with Gasteiger partial charge < -0.3 is 44.7 Å². The third-order valence-electron chi connectivity index (χ3n) is 5.98. The molecular weight excluding hydrogens is 681 g/mol. The Labute approximate surface area is 363 Å². The van der Waals surface area contributed by atoms with Crippen LogP contribution in [0.5, 0.6) is 0 Å². The van der Waals surface area contributed by atoms with E-state index in [1.165, 1.54) is 102 Å². The van der Waals surface area contributed by atoms with Gasteiger partial charge in [-0.05, 0) is 25.0 Å². The molecule has 0 aliphatic carbocycles. The Bertz CT molecular complexity index is 1030. The van der Waals surface area contributed by atoms with Crippen LogP contribution < -0.4 is 104 Å². The number of carboxylic acids is 5. The van der Waals surface area contributed by atoms with E-state index in [1.54, 1.807) is 18.2 Å². The normalized spacial score (nSPS) is 9.40. The second-order valence-corrected chi connectivity index (χ2v) is 10.3. The van der Waals surface area contributed by atoms with Crippen LogP contribution in [0.2, 0.25) is 0 Å². The molecule has 0 spiro atoms. The van der Waals surface area contributed by atoms with Crippen LogP contribution in [0.3, 0.4) is 0 Å². The van der Waals surface area contributed by atoms with Crippen LogP contribution >= 0.6 is 0 Å². The minimum atomic E-state index is -1.38. The summed E-state index contributed by atoms with van der Waals surface area (Å²) in [5, 5.41) is 44.7. The fraction of sp³-hybridized carbons (Fsp3) is 0.543. The Hall–Kier alpha value is -1.48. The van der Waals surface area contributed by atoms with Crippen LogP contribution in [0, 0.1) is 0 Å². The van der Waals surface area contributed by atoms with E-state index in [4.69, 9.17) is 24.9 Å². The molecule has 1 rings (SSSR count). The number of hydrogen-bond donors (Lipinski definition) is 2. The number of carboxylic acid groups (broad SMARTS) is 5. The number of rotatable bonds is 22. The third-order valence-corrected chi connectivity index (χ3v) is 5.98. The van der Waals surface area contributed by atoms with Crippen molar-refractivity contribution in [2.75, 3.05) is 6.61 Å². The van der Waals surface area contributed by atoms with Crippen molar-refractivity contribution in [3.05, 3.63) is 60.2 Å². The van der Waals surface area contributed by atoms with Crippen molar-refractivity contribution in [1.29, 1.82) is 0 Å². The van der Waals surface area contributed by atoms with Crippen molar-refractivity contribution >= 4 is 35.8 Å². The number of unbranched alkanes of at least 4 members (excludes halogenated alkanes) is 15. The molecule has 0 saturated carbocycles. The number of carbonyl (C=O) groups is 6. The zero-order valence-corrected chi connectivity index (χ0v) is 36.7. The summed E-state index contributed by atoms with van der Waals surface area (Å²) in [6.07, 6.45) is 23.6. The summed E-state index contributed by atoms with van der Waals surface area (Å²) < 4.78 is 4.89. The Balaban J connectivity index is -0.000000164. The average molecular weight is 733 g/mol. The summed E-state index contributed by atoms with van der Waals surface area (Å²) in [4.78, 5) is 59.3. The molecule has 0 heterocycles. The van der Waals surface area contributed by atoms with Crippen molar-refractivity contribution in [2.24, 2.45) is 0 Å². The average Bonchev–Trinajstić information content (AvgIpc) is 3.01. The molecule has 50 heavy (non-hydrogen) atoms. The maximum atomic E-state index is 11.1. The summed E-state index contributed by atoms with van der Waals surface area (Å²) in [6.45, 7) is 3.59. The topological polar surface area (TPSA) is 221 Å². The Kier molecular flexibility index (Phi) is 57.6. The summed E-state index contributed by atoms with van der Waals surface area (Å²) >= 11 is 0. The van der Waals surface area contributed by atoms with Gasteiger partial charge in [0.25, 0.3) is 0 Å². The van der Waals surface area contributed by atoms with Gasteiger partial charge in [0.05, 0.1) is 18.5 Å². The van der Waals surface area contributed by atoms with E-state index in [0.717, 1.165) is 25.8 Å². The first-order valence-corrected chi connectivity index (χ1v) is 16.0. The summed E-state index contributed by atoms with van der Waals surface area (Å²) in [5.74, 6) is -6.73. The van der Waals surface area contributed by atoms with Gasteiger partial charge in [-0.2, -0.15) is 0 Å². The van der Waals surface area contributed by atoms with Crippen molar-refractivity contribution in [1.82, 2.24) is 0 Å². The van der Waals surface area contributed by atoms with E-state index in [9.17, 15) is 34.2 Å². The number of carbonyl (C=O) groups excluding carboxylic acids is 4. The summed E-state index contributed by atoms with van der Waals surface area (Å²) in [7, 11) is 0. The molecule has 0 radical (unpaired) electrons. The van der Waals surface area contributed by atoms with Gasteiger partial charge in [0.1, 0.15) is 0 Å². The van der Waals surface area contributed by atoms with Gasteiger partial charge in [0.2, 0.25) is 0 Å². The first kappa shape index (κ1) is 60.6. The molecule has 1 aromatic rings. The van der Waals surface area contributed by atoms with Crippen molar-refractivity contribution in [2.45, 2.75) is 117 Å². The maximum absolute atomic E-state index is 11.1. The van der Waals surface area contributed by atoms with Crippen LogP contribution in [-0.2, 0) is 28.7 Å². The molecule has 12 nitrogen and oxygen atoms in total. The second-order valence-electron chi connectivity index (χ2n) is 10.3. The monoisotopic (exact) mass is 732 g/mol. The molecule has 0 bridgehead atoms. The van der Waals surface area contributed by atoms with Gasteiger partial charge in [-0.3, -0.25) is 0 Å². The number of esters is 1. The zero-order valence-electron chi connectivity index (χ0n) is 30.7. The van der Waals surface area contributed by atoms with E-state index >= 15 is 0 Å². The van der Waals surface area contributed by atoms with Gasteiger partial charge in [-0.25, -0.2) is 14.4 Å². The third kappa shape index (κ3) is 61.7. The minimum Gasteiger partial charge on any atom is -0.550 e. The summed E-state index contributed by atoms with van der Waals surface area (Å²) in [5.41, 5.74) is 0.220. The first-order chi connectivity index (χ1) is 22.3. The Morgan fingerprint density at radius 3 is 1.20 bits per heavy atom. The van der Waals surface area contributed by atoms with Gasteiger partial charge in [0, 0.05) is 24.2 Å². The Morgan fingerprint density at radius 1 is 0.580 bits per heavy atom. The van der Waals surface area contributed by atoms with Gasteiger partial charge in [-0.1, -0.05) is 134 Å². The fourth-order valence-electron chi connectivity index (χ4n) is 3.72. The second kappa shape index (κ2) is 47.5. The molecule has 0 aliphatic heterocycles. The Morgan fingerprint density at radius 2 is 0.920 bits per heavy atom. The van der Waals surface area contributed by atoms with Crippen LogP contribution in [0.4, 0.5) is 0 Å². The molecule has 0 amide bonds. The molecule has 0 unspecified atom stereocenters. The number of hydrogen-bond acceptors (Lipinski definition) is 10. The molecule has 0 fully saturated rings. The van der Waals surface area contributed by atoms with Crippen LogP contribution in [0.15, 0.2) is 54.6 Å². The van der Waals surface area contributed by atoms with E-state index < -0.39 is 35.8 Å². The molecule has 15 heteroatoms. The largest absolute Gasteiger partial charge is 1.00 e. The van der Waals surface area contributed by atoms with E-state index in [-0.39, 0.29) is 94.2 Å². The van der Waals surface area contributed by atoms with Gasteiger partial charge in [-0.15, -0.1) is 0 Å². The number of aromatic carboxylic acids is 1. The van der Waals surface area contributed by atoms with Crippen LogP contribution in [-0.4, -0.2) is 52.6 Å². The predicted molar refractivity (Wildman–Crippen MR) is 171 cm³/mol. The summed E-state index contributed by atoms with van der Waals surface area (Å²) in [6, 6.07) is 8.06. The van der Waals surface area contributed by atoms with E-state index in [1.807, 2.05) is 0 Å². The molecular formula is C35H51Na3O12. The van der Waals surface area contributed by atoms with E-state index in [0.29, 0.717) is 24.8 Å². The van der Waals surface area contributed by atoms with Crippen molar-refractivity contribution in [3.63, 3.8) is 0 Å². The van der Waals surface area contributed by atoms with Gasteiger partial charge in [0.15, 0.2) is 0 Å². The standard InChI is InChI=1S/C22H40O4.C7H6O2.C4H4O4.C2H4O2.3Na/c1-2-3-4-5-6-7-8-9-10-11-12-13-14-15-16-17-20-26-22(25)19-18-21(23)24;8-7(9)6-4-2-1-3-5-6;5-3(6)1-2-4(7)8;1-2(3)4;;;/h18-19H,2-17,20H2,1H3,(H,23,24);1-5H,(H,8,9);1-2H,(H,5,6)(H,7,8);1H3,(H,3,4);;;/q;;;;3*+1/p-3/b19-18+;;2-1+;;;;. The molecule has 0 atom stereocenters. The maximum Gasteiger partial charge on any atom is 1.00 e. The predicted octanol–water partition coefficient (Wildman–Crippen LogP) is -5.37. The van der Waals surface area contributed by atoms with E-state index in [2.05, 4.69) is 6.92 Å². The molecule has 1 aromatic carbocycles. The van der Waals surface area contributed by atoms with Gasteiger partial charge >= 0.3 is 107 Å². The molecule has 2 N–H and O–H groups in total. The zero-order chi connectivity index (χ0) is 36.1. The SMILES string of the molecule is CC(=O)[O-].CCCCCCCCCCCCCCCCCCOC(=O)/C=C/C(=O)[O-].O=C(O)/C=C/C(=O)O.O=C([O-])c1ccccc1.[Na+].[Na+].[Na+].